The van der Waals surface area contributed by atoms with Crippen molar-refractivity contribution in [1.29, 1.82) is 0 Å². The van der Waals surface area contributed by atoms with E-state index in [1.807, 2.05) is 21.1 Å². The second-order valence-corrected chi connectivity index (χ2v) is 14.6. The Hall–Kier alpha value is -1.97. The van der Waals surface area contributed by atoms with E-state index in [2.05, 4.69) is 26.0 Å². The fourth-order valence-corrected chi connectivity index (χ4v) is 5.36. The normalized spacial score (nSPS) is 13.1. The molecule has 9 heteroatoms. The quantitative estimate of drug-likeness (QED) is 0.0227. The zero-order valence-electron chi connectivity index (χ0n) is 32.4. The van der Waals surface area contributed by atoms with Crippen LogP contribution in [0.2, 0.25) is 0 Å². The first-order valence-corrected chi connectivity index (χ1v) is 19.9. The number of carboxylic acids is 1. The topological polar surface area (TPSA) is 108 Å². The zero-order valence-corrected chi connectivity index (χ0v) is 32.4. The predicted octanol–water partition coefficient (Wildman–Crippen LogP) is 9.55. The van der Waals surface area contributed by atoms with Gasteiger partial charge in [0.05, 0.1) is 34.4 Å². The number of unbranched alkanes of at least 4 members (excludes halogenated alkanes) is 19. The highest BCUT2D eigenvalue weighted by atomic mass is 16.7. The third-order valence-electron chi connectivity index (χ3n) is 8.52. The van der Waals surface area contributed by atoms with Crippen LogP contribution in [-0.2, 0) is 33.3 Å². The lowest BCUT2D eigenvalue weighted by Crippen LogP contribution is -2.40. The molecule has 1 N–H and O–H groups in total. The lowest BCUT2D eigenvalue weighted by molar-refractivity contribution is -0.870. The number of carboxylic acid groups (broad SMARTS) is 1. The molecular weight excluding hydrogens is 622 g/mol. The van der Waals surface area contributed by atoms with Gasteiger partial charge in [-0.1, -0.05) is 129 Å². The standard InChI is InChI=1S/C40H75NO8/c1-6-8-10-12-13-14-15-16-17-18-19-20-21-22-23-24-25-27-29-31-38(43)49-36(34-47-37(42)30-28-26-11-9-7-2)35-48-40(39(44)45)46-33-32-41(3,4)5/h16-17,36,40H,6-15,18-35H2,1-5H3/p+1/b17-16-. The molecular formula is C40H76NO8+. The molecule has 0 rings (SSSR count). The number of carbonyl (C=O) groups excluding carboxylic acids is 2. The van der Waals surface area contributed by atoms with Crippen molar-refractivity contribution in [3.8, 4) is 0 Å². The second-order valence-electron chi connectivity index (χ2n) is 14.6. The highest BCUT2D eigenvalue weighted by Crippen LogP contribution is 2.14. The van der Waals surface area contributed by atoms with E-state index < -0.39 is 24.3 Å². The molecule has 0 saturated carbocycles. The Kier molecular flexibility index (Phi) is 31.9. The predicted molar refractivity (Wildman–Crippen MR) is 198 cm³/mol. The maximum absolute atomic E-state index is 12.6. The van der Waals surface area contributed by atoms with Crippen molar-refractivity contribution >= 4 is 17.9 Å². The van der Waals surface area contributed by atoms with Gasteiger partial charge in [0.2, 0.25) is 0 Å². The number of quaternary nitrogens is 1. The number of rotatable bonds is 36. The van der Waals surface area contributed by atoms with Gasteiger partial charge in [-0.3, -0.25) is 9.59 Å². The van der Waals surface area contributed by atoms with Gasteiger partial charge >= 0.3 is 17.9 Å². The molecule has 0 bridgehead atoms. The Bertz CT molecular complexity index is 826. The fourth-order valence-electron chi connectivity index (χ4n) is 5.36. The number of esters is 2. The summed E-state index contributed by atoms with van der Waals surface area (Å²) in [5.74, 6) is -2.02. The van der Waals surface area contributed by atoms with Gasteiger partial charge in [-0.05, 0) is 38.5 Å². The number of nitrogens with zero attached hydrogens (tertiary/aromatic N) is 1. The molecule has 0 aromatic heterocycles. The van der Waals surface area contributed by atoms with Crippen molar-refractivity contribution in [2.45, 2.75) is 180 Å². The highest BCUT2D eigenvalue weighted by Gasteiger charge is 2.25. The molecule has 0 aliphatic rings. The summed E-state index contributed by atoms with van der Waals surface area (Å²) in [4.78, 5) is 36.6. The molecule has 0 aromatic carbocycles. The lowest BCUT2D eigenvalue weighted by atomic mass is 10.1. The number of allylic oxidation sites excluding steroid dienone is 2. The zero-order chi connectivity index (χ0) is 36.4. The van der Waals surface area contributed by atoms with Crippen LogP contribution in [0.1, 0.15) is 168 Å². The first-order chi connectivity index (χ1) is 23.6. The monoisotopic (exact) mass is 699 g/mol. The van der Waals surface area contributed by atoms with E-state index in [0.717, 1.165) is 51.4 Å². The van der Waals surface area contributed by atoms with Crippen LogP contribution < -0.4 is 0 Å². The summed E-state index contributed by atoms with van der Waals surface area (Å²) in [6, 6.07) is 0. The van der Waals surface area contributed by atoms with Crippen molar-refractivity contribution in [2.75, 3.05) is 47.5 Å². The van der Waals surface area contributed by atoms with Crippen LogP contribution in [0, 0.1) is 0 Å². The van der Waals surface area contributed by atoms with Crippen LogP contribution >= 0.6 is 0 Å². The number of carbonyl (C=O) groups is 3. The Morgan fingerprint density at radius 1 is 0.592 bits per heavy atom. The molecule has 0 spiro atoms. The maximum atomic E-state index is 12.6. The van der Waals surface area contributed by atoms with Crippen molar-refractivity contribution in [2.24, 2.45) is 0 Å². The lowest BCUT2D eigenvalue weighted by Gasteiger charge is -2.25. The molecule has 0 saturated heterocycles. The number of hydrogen-bond acceptors (Lipinski definition) is 7. The van der Waals surface area contributed by atoms with Gasteiger partial charge in [0, 0.05) is 12.8 Å². The molecule has 0 heterocycles. The van der Waals surface area contributed by atoms with Crippen LogP contribution in [0.5, 0.6) is 0 Å². The second kappa shape index (κ2) is 33.2. The van der Waals surface area contributed by atoms with Crippen molar-refractivity contribution in [3.63, 3.8) is 0 Å². The molecule has 0 fully saturated rings. The smallest absolute Gasteiger partial charge is 0.361 e. The largest absolute Gasteiger partial charge is 0.477 e. The molecule has 0 aliphatic carbocycles. The minimum atomic E-state index is -1.50. The van der Waals surface area contributed by atoms with Crippen molar-refractivity contribution in [3.05, 3.63) is 12.2 Å². The number of likely N-dealkylation sites (N-methyl/N-ethyl adjacent to an activating group) is 1. The van der Waals surface area contributed by atoms with Gasteiger partial charge in [0.15, 0.2) is 6.10 Å². The van der Waals surface area contributed by atoms with Gasteiger partial charge < -0.3 is 28.5 Å². The number of aliphatic carboxylic acids is 1. The summed E-state index contributed by atoms with van der Waals surface area (Å²) in [6.45, 7) is 4.76. The number of ether oxygens (including phenoxy) is 4. The average molecular weight is 699 g/mol. The van der Waals surface area contributed by atoms with E-state index >= 15 is 0 Å². The van der Waals surface area contributed by atoms with Gasteiger partial charge in [0.25, 0.3) is 6.29 Å². The molecule has 288 valence electrons. The van der Waals surface area contributed by atoms with E-state index in [9.17, 15) is 19.5 Å². The summed E-state index contributed by atoms with van der Waals surface area (Å²) < 4.78 is 22.5. The molecule has 9 nitrogen and oxygen atoms in total. The molecule has 2 atom stereocenters. The minimum Gasteiger partial charge on any atom is -0.477 e. The van der Waals surface area contributed by atoms with E-state index in [4.69, 9.17) is 18.9 Å². The average Bonchev–Trinajstić information content (AvgIpc) is 3.05. The van der Waals surface area contributed by atoms with Crippen LogP contribution in [0.4, 0.5) is 0 Å². The van der Waals surface area contributed by atoms with Crippen LogP contribution in [-0.4, -0.2) is 87.4 Å². The first-order valence-electron chi connectivity index (χ1n) is 19.9. The molecule has 0 aliphatic heterocycles. The van der Waals surface area contributed by atoms with Gasteiger partial charge in [-0.15, -0.1) is 0 Å². The summed E-state index contributed by atoms with van der Waals surface area (Å²) in [5.41, 5.74) is 0. The van der Waals surface area contributed by atoms with E-state index in [1.54, 1.807) is 0 Å². The van der Waals surface area contributed by atoms with Crippen molar-refractivity contribution in [1.82, 2.24) is 0 Å². The van der Waals surface area contributed by atoms with Gasteiger partial charge in [-0.2, -0.15) is 0 Å². The van der Waals surface area contributed by atoms with Crippen LogP contribution in [0.3, 0.4) is 0 Å². The Morgan fingerprint density at radius 2 is 1.04 bits per heavy atom. The summed E-state index contributed by atoms with van der Waals surface area (Å²) >= 11 is 0. The van der Waals surface area contributed by atoms with E-state index in [-0.39, 0.29) is 32.2 Å². The molecule has 0 amide bonds. The minimum absolute atomic E-state index is 0.180. The summed E-state index contributed by atoms with van der Waals surface area (Å²) in [6.07, 6.45) is 28.8. The van der Waals surface area contributed by atoms with Gasteiger partial charge in [0.1, 0.15) is 13.2 Å². The Balaban J connectivity index is 4.30. The highest BCUT2D eigenvalue weighted by molar-refractivity contribution is 5.71. The SMILES string of the molecule is CCCCCCCC/C=C\CCCCCCCCCCCC(=O)OC(COC(=O)CCCCCCC)COC(OCC[N+](C)(C)C)C(=O)O. The first kappa shape index (κ1) is 47.0. The van der Waals surface area contributed by atoms with Gasteiger partial charge in [-0.25, -0.2) is 4.79 Å². The Morgan fingerprint density at radius 3 is 1.51 bits per heavy atom. The van der Waals surface area contributed by atoms with E-state index in [1.165, 1.54) is 89.9 Å². The molecule has 0 radical (unpaired) electrons. The summed E-state index contributed by atoms with van der Waals surface area (Å²) in [5, 5.41) is 9.55. The Labute approximate surface area is 300 Å². The fraction of sp³-hybridized carbons (Fsp3) is 0.875. The third-order valence-corrected chi connectivity index (χ3v) is 8.52. The molecule has 49 heavy (non-hydrogen) atoms. The third kappa shape index (κ3) is 34.3. The van der Waals surface area contributed by atoms with Crippen molar-refractivity contribution < 1.29 is 42.9 Å². The van der Waals surface area contributed by atoms with Crippen LogP contribution in [0.15, 0.2) is 12.2 Å². The summed E-state index contributed by atoms with van der Waals surface area (Å²) in [7, 11) is 5.94. The molecule has 2 unspecified atom stereocenters. The number of hydrogen-bond donors (Lipinski definition) is 1. The van der Waals surface area contributed by atoms with Crippen LogP contribution in [0.25, 0.3) is 0 Å². The van der Waals surface area contributed by atoms with E-state index in [0.29, 0.717) is 17.4 Å². The molecule has 0 aromatic rings. The maximum Gasteiger partial charge on any atom is 0.361 e.